The van der Waals surface area contributed by atoms with Gasteiger partial charge in [-0.15, -0.1) is 0 Å². The van der Waals surface area contributed by atoms with Crippen LogP contribution in [0.4, 0.5) is 10.6 Å². The van der Waals surface area contributed by atoms with Gasteiger partial charge in [-0.05, 0) is 45.6 Å². The quantitative estimate of drug-likeness (QED) is 0.328. The van der Waals surface area contributed by atoms with Crippen LogP contribution in [-0.4, -0.2) is 49.4 Å². The first-order valence-corrected chi connectivity index (χ1v) is 11.8. The van der Waals surface area contributed by atoms with E-state index in [-0.39, 0.29) is 17.5 Å². The highest BCUT2D eigenvalue weighted by molar-refractivity contribution is 6.07. The van der Waals surface area contributed by atoms with Gasteiger partial charge in [0.2, 0.25) is 0 Å². The van der Waals surface area contributed by atoms with Gasteiger partial charge < -0.3 is 16.4 Å². The number of nitrogens with one attached hydrogen (secondary N) is 3. The number of fused-ring (bicyclic) bond motifs is 3. The lowest BCUT2D eigenvalue weighted by Gasteiger charge is -2.30. The summed E-state index contributed by atoms with van der Waals surface area (Å²) in [7, 11) is 0. The van der Waals surface area contributed by atoms with Gasteiger partial charge in [-0.1, -0.05) is 6.07 Å². The van der Waals surface area contributed by atoms with E-state index < -0.39 is 17.5 Å². The molecule has 0 radical (unpaired) electrons. The van der Waals surface area contributed by atoms with Crippen LogP contribution in [0, 0.1) is 0 Å². The lowest BCUT2D eigenvalue weighted by atomic mass is 9.86. The van der Waals surface area contributed by atoms with Crippen LogP contribution in [0.15, 0.2) is 24.5 Å². The van der Waals surface area contributed by atoms with Crippen LogP contribution >= 0.6 is 0 Å². The van der Waals surface area contributed by atoms with Crippen molar-refractivity contribution in [1.82, 2.24) is 35.5 Å². The minimum Gasteiger partial charge on any atom is -0.383 e. The van der Waals surface area contributed by atoms with Crippen molar-refractivity contribution in [1.29, 1.82) is 0 Å². The second-order valence-corrected chi connectivity index (χ2v) is 9.88. The number of nitrogen functional groups attached to an aromatic ring is 1. The maximum Gasteiger partial charge on any atom is 0.322 e. The molecule has 3 aromatic rings. The summed E-state index contributed by atoms with van der Waals surface area (Å²) >= 11 is 0. The summed E-state index contributed by atoms with van der Waals surface area (Å²) in [4.78, 5) is 45.9. The van der Waals surface area contributed by atoms with Gasteiger partial charge in [0.15, 0.2) is 17.0 Å². The van der Waals surface area contributed by atoms with E-state index in [1.54, 1.807) is 25.4 Å². The highest BCUT2D eigenvalue weighted by Gasteiger charge is 2.44. The van der Waals surface area contributed by atoms with Crippen molar-refractivity contribution in [2.45, 2.75) is 63.1 Å². The van der Waals surface area contributed by atoms with E-state index in [1.807, 2.05) is 6.07 Å². The Morgan fingerprint density at radius 2 is 1.91 bits per heavy atom. The third-order valence-corrected chi connectivity index (χ3v) is 7.55. The molecule has 35 heavy (non-hydrogen) atoms. The van der Waals surface area contributed by atoms with E-state index in [2.05, 4.69) is 26.0 Å². The Labute approximate surface area is 200 Å². The van der Waals surface area contributed by atoms with Gasteiger partial charge in [0.1, 0.15) is 5.82 Å². The van der Waals surface area contributed by atoms with Crippen LogP contribution in [0.5, 0.6) is 0 Å². The van der Waals surface area contributed by atoms with Crippen molar-refractivity contribution in [3.63, 3.8) is 0 Å². The number of pyridine rings is 1. The number of Topliss-reactive ketones (excluding diaryl/α,β-unsaturated/α-hetero) is 1. The zero-order valence-corrected chi connectivity index (χ0v) is 19.5. The van der Waals surface area contributed by atoms with E-state index in [9.17, 15) is 14.4 Å². The number of rotatable bonds is 4. The van der Waals surface area contributed by atoms with Gasteiger partial charge in [0.05, 0.1) is 23.1 Å². The zero-order valence-electron chi connectivity index (χ0n) is 19.5. The van der Waals surface area contributed by atoms with Gasteiger partial charge in [0.25, 0.3) is 5.91 Å². The number of carbonyl (C=O) groups is 3. The van der Waals surface area contributed by atoms with Crippen LogP contribution in [0.25, 0.3) is 16.8 Å². The Balaban J connectivity index is 1.43. The molecule has 6 heterocycles. The number of anilines is 1. The highest BCUT2D eigenvalue weighted by Crippen LogP contribution is 2.40. The molecule has 3 aliphatic heterocycles. The fourth-order valence-electron chi connectivity index (χ4n) is 5.75. The number of amides is 3. The first-order chi connectivity index (χ1) is 16.7. The summed E-state index contributed by atoms with van der Waals surface area (Å²) in [6.07, 6.45) is 7.40. The smallest absolute Gasteiger partial charge is 0.322 e. The van der Waals surface area contributed by atoms with E-state index in [0.717, 1.165) is 36.9 Å². The summed E-state index contributed by atoms with van der Waals surface area (Å²) in [6.45, 7) is 3.12. The van der Waals surface area contributed by atoms with Gasteiger partial charge >= 0.3 is 6.03 Å². The molecule has 3 aliphatic rings. The normalized spacial score (nSPS) is 27.8. The fraction of sp³-hybridized carbons (Fsp3) is 0.417. The number of nitrogens with two attached hydrogens (primary N) is 1. The molecule has 180 valence electrons. The number of urea groups is 1. The minimum atomic E-state index is -1.24. The van der Waals surface area contributed by atoms with Crippen LogP contribution in [0.3, 0.4) is 0 Å². The number of ketones is 1. The number of imide groups is 1. The summed E-state index contributed by atoms with van der Waals surface area (Å²) in [5.74, 6) is -0.138. The molecule has 11 heteroatoms. The highest BCUT2D eigenvalue weighted by atomic mass is 16.2. The monoisotopic (exact) mass is 474 g/mol. The Morgan fingerprint density at radius 3 is 2.51 bits per heavy atom. The van der Waals surface area contributed by atoms with Crippen molar-refractivity contribution in [3.8, 4) is 11.1 Å². The van der Waals surface area contributed by atoms with E-state index in [0.29, 0.717) is 34.6 Å². The molecule has 4 atom stereocenters. The van der Waals surface area contributed by atoms with Crippen molar-refractivity contribution in [2.75, 3.05) is 5.73 Å². The van der Waals surface area contributed by atoms with Crippen LogP contribution in [-0.2, 0) is 10.3 Å². The molecule has 3 fully saturated rings. The van der Waals surface area contributed by atoms with Crippen molar-refractivity contribution in [3.05, 3.63) is 41.5 Å². The Bertz CT molecular complexity index is 1390. The largest absolute Gasteiger partial charge is 0.383 e. The second-order valence-electron chi connectivity index (χ2n) is 9.88. The molecule has 2 bridgehead atoms. The lowest BCUT2D eigenvalue weighted by Crippen LogP contribution is -2.41. The molecule has 11 nitrogen and oxygen atoms in total. The van der Waals surface area contributed by atoms with Crippen molar-refractivity contribution >= 4 is 29.2 Å². The number of hydrogen-bond donors (Lipinski definition) is 4. The SMILES string of the molecule is CC(=O)c1c(C2C[C@H]3CC[C@@H](C2)N3)nc2c(-c3ccc(C4(C)NC(=O)NC4=O)nc3)cnn2c1N. The molecule has 2 unspecified atom stereocenters. The number of aromatic nitrogens is 4. The van der Waals surface area contributed by atoms with Crippen molar-refractivity contribution in [2.24, 2.45) is 0 Å². The molecule has 3 amide bonds. The average Bonchev–Trinajstić information content (AvgIpc) is 3.48. The predicted molar refractivity (Wildman–Crippen MR) is 127 cm³/mol. The fourth-order valence-corrected chi connectivity index (χ4v) is 5.75. The standard InChI is InChI=1S/C24H26N8O3/c1-11(33)18-19(13-7-14-4-5-15(8-13)28-14)29-21-16(10-27-32(21)20(18)25)12-3-6-17(26-9-12)24(2)22(34)30-23(35)31-24/h3,6,9-10,13-15,28H,4-5,7-8,25H2,1-2H3,(H2,30,31,34,35)/t13?,14-,15+,24?. The van der Waals surface area contributed by atoms with Gasteiger partial charge in [-0.3, -0.25) is 19.9 Å². The number of nitrogens with zero attached hydrogens (tertiary/aromatic N) is 4. The molecule has 6 rings (SSSR count). The molecule has 0 aromatic carbocycles. The van der Waals surface area contributed by atoms with Gasteiger partial charge in [0, 0.05) is 35.3 Å². The van der Waals surface area contributed by atoms with Crippen LogP contribution in [0.1, 0.15) is 67.2 Å². The summed E-state index contributed by atoms with van der Waals surface area (Å²) in [6, 6.07) is 3.83. The molecule has 0 spiro atoms. The van der Waals surface area contributed by atoms with Crippen LogP contribution in [0.2, 0.25) is 0 Å². The molecule has 0 saturated carbocycles. The summed E-state index contributed by atoms with van der Waals surface area (Å²) < 4.78 is 1.51. The van der Waals surface area contributed by atoms with Gasteiger partial charge in [-0.25, -0.2) is 9.78 Å². The molecule has 3 saturated heterocycles. The third-order valence-electron chi connectivity index (χ3n) is 7.55. The maximum absolute atomic E-state index is 12.6. The molecule has 3 aromatic heterocycles. The molecule has 0 aliphatic carbocycles. The number of piperidine rings is 1. The molecular formula is C24H26N8O3. The van der Waals surface area contributed by atoms with Gasteiger partial charge in [-0.2, -0.15) is 9.61 Å². The van der Waals surface area contributed by atoms with E-state index in [4.69, 9.17) is 10.7 Å². The summed E-state index contributed by atoms with van der Waals surface area (Å²) in [5, 5.41) is 12.9. The second kappa shape index (κ2) is 7.57. The Kier molecular flexibility index (Phi) is 4.69. The molecular weight excluding hydrogens is 448 g/mol. The first kappa shape index (κ1) is 21.7. The first-order valence-electron chi connectivity index (χ1n) is 11.8. The maximum atomic E-state index is 12.6. The number of carbonyl (C=O) groups excluding carboxylic acids is 3. The number of hydrogen-bond acceptors (Lipinski definition) is 8. The van der Waals surface area contributed by atoms with E-state index in [1.165, 1.54) is 11.4 Å². The predicted octanol–water partition coefficient (Wildman–Crippen LogP) is 1.63. The topological polar surface area (TPSA) is 156 Å². The molecule has 5 N–H and O–H groups in total. The Hall–Kier alpha value is -3.86. The lowest BCUT2D eigenvalue weighted by molar-refractivity contribution is -0.123. The third kappa shape index (κ3) is 3.29. The van der Waals surface area contributed by atoms with E-state index >= 15 is 0 Å². The Morgan fingerprint density at radius 1 is 1.17 bits per heavy atom. The minimum absolute atomic E-state index is 0.119. The van der Waals surface area contributed by atoms with Crippen molar-refractivity contribution < 1.29 is 14.4 Å². The van der Waals surface area contributed by atoms with Crippen LogP contribution < -0.4 is 21.7 Å². The average molecular weight is 475 g/mol. The summed E-state index contributed by atoms with van der Waals surface area (Å²) in [5.41, 5.74) is 8.85. The zero-order chi connectivity index (χ0) is 24.5.